The maximum absolute atomic E-state index is 11.5. The number of aromatic nitrogens is 4. The maximum atomic E-state index is 11.5. The summed E-state index contributed by atoms with van der Waals surface area (Å²) in [6.07, 6.45) is 7.35. The second kappa shape index (κ2) is 5.98. The number of sulfone groups is 1. The molecule has 0 aliphatic heterocycles. The van der Waals surface area contributed by atoms with Crippen LogP contribution in [0.3, 0.4) is 0 Å². The number of halogens is 1. The second-order valence-corrected chi connectivity index (χ2v) is 7.18. The molecule has 0 unspecified atom stereocenters. The molecular formula is C14H12ClN5O2S. The topological polar surface area (TPSA) is 89.8 Å². The Labute approximate surface area is 137 Å². The van der Waals surface area contributed by atoms with Crippen molar-refractivity contribution >= 4 is 32.9 Å². The molecular weight excluding hydrogens is 338 g/mol. The third-order valence-electron chi connectivity index (χ3n) is 2.97. The summed E-state index contributed by atoms with van der Waals surface area (Å²) in [4.78, 5) is 8.30. The number of nitrogens with zero attached hydrogens (tertiary/aromatic N) is 4. The number of anilines is 2. The van der Waals surface area contributed by atoms with Crippen LogP contribution < -0.4 is 5.32 Å². The molecule has 0 aromatic carbocycles. The van der Waals surface area contributed by atoms with Gasteiger partial charge in [-0.15, -0.1) is 0 Å². The van der Waals surface area contributed by atoms with Gasteiger partial charge in [-0.05, 0) is 18.2 Å². The van der Waals surface area contributed by atoms with Crippen LogP contribution in [0.4, 0.5) is 11.5 Å². The van der Waals surface area contributed by atoms with Gasteiger partial charge in [0.2, 0.25) is 0 Å². The Kier molecular flexibility index (Phi) is 4.01. The highest BCUT2D eigenvalue weighted by atomic mass is 35.5. The molecule has 0 fully saturated rings. The molecule has 3 rings (SSSR count). The van der Waals surface area contributed by atoms with Crippen LogP contribution in [0.25, 0.3) is 5.82 Å². The van der Waals surface area contributed by atoms with Gasteiger partial charge < -0.3 is 5.32 Å². The minimum Gasteiger partial charge on any atom is -0.336 e. The van der Waals surface area contributed by atoms with Crippen molar-refractivity contribution in [1.82, 2.24) is 19.7 Å². The molecule has 3 aromatic heterocycles. The van der Waals surface area contributed by atoms with Gasteiger partial charge in [-0.25, -0.2) is 23.1 Å². The highest BCUT2D eigenvalue weighted by Crippen LogP contribution is 2.25. The van der Waals surface area contributed by atoms with Crippen molar-refractivity contribution in [1.29, 1.82) is 0 Å². The molecule has 9 heteroatoms. The third kappa shape index (κ3) is 3.49. The Morgan fingerprint density at radius 1 is 1.22 bits per heavy atom. The van der Waals surface area contributed by atoms with E-state index in [0.717, 1.165) is 6.26 Å². The van der Waals surface area contributed by atoms with Crippen LogP contribution in [-0.4, -0.2) is 34.4 Å². The number of pyridine rings is 2. The van der Waals surface area contributed by atoms with Crippen molar-refractivity contribution < 1.29 is 8.42 Å². The van der Waals surface area contributed by atoms with Crippen LogP contribution in [0.2, 0.25) is 5.02 Å². The summed E-state index contributed by atoms with van der Waals surface area (Å²) in [6, 6.07) is 6.86. The van der Waals surface area contributed by atoms with Crippen LogP contribution in [0.5, 0.6) is 0 Å². The fourth-order valence-electron chi connectivity index (χ4n) is 1.85. The standard InChI is InChI=1S/C14H12ClN5O2S/c1-23(21,22)11-6-12(15)14(17-8-11)19-10-7-18-20(9-10)13-4-2-3-5-16-13/h2-9H,1H3,(H,17,19). The Hall–Kier alpha value is -2.45. The first-order valence-electron chi connectivity index (χ1n) is 6.52. The van der Waals surface area contributed by atoms with Gasteiger partial charge >= 0.3 is 0 Å². The van der Waals surface area contributed by atoms with Gasteiger partial charge in [-0.3, -0.25) is 0 Å². The molecule has 0 spiro atoms. The Bertz CT molecular complexity index is 941. The lowest BCUT2D eigenvalue weighted by Crippen LogP contribution is -2.00. The van der Waals surface area contributed by atoms with Crippen molar-refractivity contribution in [3.05, 3.63) is 54.1 Å². The molecule has 7 nitrogen and oxygen atoms in total. The van der Waals surface area contributed by atoms with E-state index in [1.54, 1.807) is 23.3 Å². The van der Waals surface area contributed by atoms with Crippen LogP contribution in [0.1, 0.15) is 0 Å². The zero-order valence-corrected chi connectivity index (χ0v) is 13.6. The van der Waals surface area contributed by atoms with Crippen molar-refractivity contribution in [3.63, 3.8) is 0 Å². The third-order valence-corrected chi connectivity index (χ3v) is 4.34. The molecule has 118 valence electrons. The lowest BCUT2D eigenvalue weighted by Gasteiger charge is -2.06. The molecule has 0 atom stereocenters. The smallest absolute Gasteiger partial charge is 0.177 e. The molecule has 23 heavy (non-hydrogen) atoms. The minimum absolute atomic E-state index is 0.0669. The summed E-state index contributed by atoms with van der Waals surface area (Å²) in [5.41, 5.74) is 0.650. The van der Waals surface area contributed by atoms with Gasteiger partial charge in [0.15, 0.2) is 15.7 Å². The zero-order chi connectivity index (χ0) is 16.4. The van der Waals surface area contributed by atoms with Crippen molar-refractivity contribution in [2.24, 2.45) is 0 Å². The van der Waals surface area contributed by atoms with Crippen molar-refractivity contribution in [3.8, 4) is 5.82 Å². The summed E-state index contributed by atoms with van der Waals surface area (Å²) in [5, 5.41) is 7.39. The van der Waals surface area contributed by atoms with E-state index in [-0.39, 0.29) is 9.92 Å². The van der Waals surface area contributed by atoms with E-state index in [4.69, 9.17) is 11.6 Å². The molecule has 3 heterocycles. The van der Waals surface area contributed by atoms with Gasteiger partial charge in [0.25, 0.3) is 0 Å². The Balaban J connectivity index is 1.85. The monoisotopic (exact) mass is 349 g/mol. The summed E-state index contributed by atoms with van der Waals surface area (Å²) in [7, 11) is -3.35. The molecule has 0 bridgehead atoms. The molecule has 0 aliphatic rings. The van der Waals surface area contributed by atoms with E-state index >= 15 is 0 Å². The van der Waals surface area contributed by atoms with Gasteiger partial charge in [0.05, 0.1) is 28.0 Å². The number of nitrogens with one attached hydrogen (secondary N) is 1. The van der Waals surface area contributed by atoms with Crippen molar-refractivity contribution in [2.75, 3.05) is 11.6 Å². The normalized spacial score (nSPS) is 11.4. The summed E-state index contributed by atoms with van der Waals surface area (Å²) < 4.78 is 24.5. The second-order valence-electron chi connectivity index (χ2n) is 4.76. The Morgan fingerprint density at radius 2 is 2.04 bits per heavy atom. The van der Waals surface area contributed by atoms with Gasteiger partial charge in [0.1, 0.15) is 5.82 Å². The average Bonchev–Trinajstić information content (AvgIpc) is 2.98. The number of hydrogen-bond acceptors (Lipinski definition) is 6. The maximum Gasteiger partial charge on any atom is 0.177 e. The molecule has 0 aliphatic carbocycles. The highest BCUT2D eigenvalue weighted by molar-refractivity contribution is 7.90. The van der Waals surface area contributed by atoms with E-state index in [1.807, 2.05) is 18.2 Å². The molecule has 0 radical (unpaired) electrons. The predicted molar refractivity (Wildman–Crippen MR) is 87.0 cm³/mol. The quantitative estimate of drug-likeness (QED) is 0.778. The van der Waals surface area contributed by atoms with E-state index in [2.05, 4.69) is 20.4 Å². The highest BCUT2D eigenvalue weighted by Gasteiger charge is 2.12. The molecule has 3 aromatic rings. The fourth-order valence-corrected chi connectivity index (χ4v) is 2.71. The van der Waals surface area contributed by atoms with E-state index in [0.29, 0.717) is 17.3 Å². The van der Waals surface area contributed by atoms with Gasteiger partial charge in [-0.1, -0.05) is 17.7 Å². The minimum atomic E-state index is -3.35. The first-order chi connectivity index (χ1) is 10.9. The van der Waals surface area contributed by atoms with Crippen LogP contribution in [0, 0.1) is 0 Å². The average molecular weight is 350 g/mol. The van der Waals surface area contributed by atoms with E-state index in [9.17, 15) is 8.42 Å². The number of rotatable bonds is 4. The van der Waals surface area contributed by atoms with Crippen molar-refractivity contribution in [2.45, 2.75) is 4.90 Å². The Morgan fingerprint density at radius 3 is 2.70 bits per heavy atom. The lowest BCUT2D eigenvalue weighted by molar-refractivity contribution is 0.601. The SMILES string of the molecule is CS(=O)(=O)c1cnc(Nc2cnn(-c3ccccn3)c2)c(Cl)c1. The first kappa shape index (κ1) is 15.4. The molecule has 0 saturated heterocycles. The summed E-state index contributed by atoms with van der Waals surface area (Å²) in [5.74, 6) is 1.02. The molecule has 1 N–H and O–H groups in total. The van der Waals surface area contributed by atoms with Crippen LogP contribution >= 0.6 is 11.6 Å². The van der Waals surface area contributed by atoms with Crippen LogP contribution in [-0.2, 0) is 9.84 Å². The fraction of sp³-hybridized carbons (Fsp3) is 0.0714. The molecule has 0 amide bonds. The van der Waals surface area contributed by atoms with E-state index < -0.39 is 9.84 Å². The zero-order valence-electron chi connectivity index (χ0n) is 12.0. The van der Waals surface area contributed by atoms with E-state index in [1.165, 1.54) is 12.3 Å². The largest absolute Gasteiger partial charge is 0.336 e. The first-order valence-corrected chi connectivity index (χ1v) is 8.79. The molecule has 0 saturated carbocycles. The summed E-state index contributed by atoms with van der Waals surface area (Å²) >= 11 is 6.08. The predicted octanol–water partition coefficient (Wildman–Crippen LogP) is 2.46. The van der Waals surface area contributed by atoms with Gasteiger partial charge in [0, 0.05) is 18.6 Å². The van der Waals surface area contributed by atoms with Crippen LogP contribution in [0.15, 0.2) is 53.9 Å². The van der Waals surface area contributed by atoms with Gasteiger partial charge in [-0.2, -0.15) is 5.10 Å². The number of hydrogen-bond donors (Lipinski definition) is 1. The summed E-state index contributed by atoms with van der Waals surface area (Å²) in [6.45, 7) is 0. The lowest BCUT2D eigenvalue weighted by atomic mass is 10.4.